The molecule has 2 aromatic rings. The predicted octanol–water partition coefficient (Wildman–Crippen LogP) is 7.26. The summed E-state index contributed by atoms with van der Waals surface area (Å²) in [5.74, 6) is 0.0212. The van der Waals surface area contributed by atoms with Gasteiger partial charge in [-0.05, 0) is 48.2 Å². The Bertz CT molecular complexity index is 897. The molecule has 28 heavy (non-hydrogen) atoms. The van der Waals surface area contributed by atoms with E-state index in [0.29, 0.717) is 34.6 Å². The molecule has 1 atom stereocenters. The lowest BCUT2D eigenvalue weighted by Crippen LogP contribution is -2.31. The molecule has 2 aromatic carbocycles. The van der Waals surface area contributed by atoms with Crippen molar-refractivity contribution >= 4 is 63.1 Å². The van der Waals surface area contributed by atoms with Crippen molar-refractivity contribution in [3.8, 4) is 5.75 Å². The molecule has 0 saturated carbocycles. The Labute approximate surface area is 189 Å². The van der Waals surface area contributed by atoms with Crippen LogP contribution in [0.4, 0.5) is 5.69 Å². The molecule has 0 aromatic heterocycles. The Kier molecular flexibility index (Phi) is 7.03. The van der Waals surface area contributed by atoms with Gasteiger partial charge < -0.3 is 19.1 Å². The summed E-state index contributed by atoms with van der Waals surface area (Å²) in [6.45, 7) is 2.42. The van der Waals surface area contributed by atoms with E-state index in [1.807, 2.05) is 24.3 Å². The lowest BCUT2D eigenvalue weighted by Gasteiger charge is -2.41. The Morgan fingerprint density at radius 1 is 1.18 bits per heavy atom. The fraction of sp³-hybridized carbons (Fsp3) is 0.368. The molecule has 9 heteroatoms. The predicted molar refractivity (Wildman–Crippen MR) is 123 cm³/mol. The molecule has 1 saturated heterocycles. The summed E-state index contributed by atoms with van der Waals surface area (Å²) in [7, 11) is 1.56. The Morgan fingerprint density at radius 2 is 1.79 bits per heavy atom. The van der Waals surface area contributed by atoms with Crippen LogP contribution in [0.1, 0.15) is 25.2 Å². The largest absolute Gasteiger partial charge is 0.495 e. The van der Waals surface area contributed by atoms with Crippen LogP contribution >= 0.6 is 45.6 Å². The monoisotopic (exact) mass is 523 g/mol. The van der Waals surface area contributed by atoms with E-state index in [1.54, 1.807) is 19.2 Å². The second-order valence-corrected chi connectivity index (χ2v) is 12.7. The summed E-state index contributed by atoms with van der Waals surface area (Å²) in [4.78, 5) is 0. The molecule has 0 aliphatic carbocycles. The Hall–Kier alpha value is -0.330. The second kappa shape index (κ2) is 8.81. The molecule has 1 unspecified atom stereocenters. The zero-order valence-electron chi connectivity index (χ0n) is 15.7. The van der Waals surface area contributed by atoms with Crippen molar-refractivity contribution in [1.29, 1.82) is 0 Å². The van der Waals surface area contributed by atoms with Gasteiger partial charge in [0.15, 0.2) is 0 Å². The highest BCUT2D eigenvalue weighted by Gasteiger charge is 2.41. The van der Waals surface area contributed by atoms with Crippen LogP contribution in [0.3, 0.4) is 0 Å². The smallest absolute Gasteiger partial charge is 0.215 e. The molecule has 1 fully saturated rings. The summed E-state index contributed by atoms with van der Waals surface area (Å²) >= 11 is 22.1. The minimum Gasteiger partial charge on any atom is -0.495 e. The van der Waals surface area contributed by atoms with E-state index < -0.39 is 12.3 Å². The molecule has 1 N–H and O–H groups in total. The number of rotatable bonds is 5. The zero-order valence-corrected chi connectivity index (χ0v) is 20.5. The molecule has 3 rings (SSSR count). The summed E-state index contributed by atoms with van der Waals surface area (Å²) < 4.78 is 18.9. The standard InChI is InChI=1S/C19H21BrCl2NO3PS/c1-19(2)10-25-27(28,26-11-19)18(23-14-6-4-12(20)5-7-14)15-8-13(21)9-16(22)17(15)24-3/h4-9,18,23H,10-11H2,1-3H3. The molecule has 0 spiro atoms. The van der Waals surface area contributed by atoms with E-state index in [1.165, 1.54) is 0 Å². The van der Waals surface area contributed by atoms with Gasteiger partial charge in [0.05, 0.1) is 25.3 Å². The number of nitrogens with one attached hydrogen (secondary N) is 1. The topological polar surface area (TPSA) is 39.7 Å². The number of hydrogen-bond donors (Lipinski definition) is 1. The minimum atomic E-state index is -2.77. The van der Waals surface area contributed by atoms with Crippen molar-refractivity contribution in [3.63, 3.8) is 0 Å². The number of ether oxygens (including phenoxy) is 1. The van der Waals surface area contributed by atoms with Gasteiger partial charge in [0.25, 0.3) is 0 Å². The number of benzene rings is 2. The highest BCUT2D eigenvalue weighted by atomic mass is 79.9. The fourth-order valence-electron chi connectivity index (χ4n) is 2.79. The molecule has 1 heterocycles. The third-order valence-electron chi connectivity index (χ3n) is 4.27. The average molecular weight is 525 g/mol. The lowest BCUT2D eigenvalue weighted by molar-refractivity contribution is 0.0578. The van der Waals surface area contributed by atoms with Crippen molar-refractivity contribution in [3.05, 3.63) is 56.5 Å². The van der Waals surface area contributed by atoms with Crippen molar-refractivity contribution in [2.45, 2.75) is 19.6 Å². The van der Waals surface area contributed by atoms with Crippen LogP contribution in [0, 0.1) is 5.41 Å². The molecular weight excluding hydrogens is 504 g/mol. The Balaban J connectivity index is 2.07. The van der Waals surface area contributed by atoms with Crippen molar-refractivity contribution < 1.29 is 13.8 Å². The molecule has 0 bridgehead atoms. The van der Waals surface area contributed by atoms with Gasteiger partial charge in [0.1, 0.15) is 11.5 Å². The van der Waals surface area contributed by atoms with Crippen LogP contribution in [0.25, 0.3) is 0 Å². The Morgan fingerprint density at radius 3 is 2.36 bits per heavy atom. The van der Waals surface area contributed by atoms with Crippen LogP contribution in [0.5, 0.6) is 5.75 Å². The van der Waals surface area contributed by atoms with E-state index in [4.69, 9.17) is 48.8 Å². The van der Waals surface area contributed by atoms with Gasteiger partial charge in [-0.3, -0.25) is 0 Å². The molecule has 4 nitrogen and oxygen atoms in total. The molecule has 0 amide bonds. The van der Waals surface area contributed by atoms with Gasteiger partial charge in [0.2, 0.25) is 6.49 Å². The number of anilines is 1. The average Bonchev–Trinajstić information content (AvgIpc) is 2.63. The van der Waals surface area contributed by atoms with Crippen LogP contribution in [-0.4, -0.2) is 20.3 Å². The number of methoxy groups -OCH3 is 1. The quantitative estimate of drug-likeness (QED) is 0.417. The van der Waals surface area contributed by atoms with Crippen LogP contribution in [-0.2, 0) is 20.9 Å². The summed E-state index contributed by atoms with van der Waals surface area (Å²) in [5.41, 5.74) is 1.49. The number of hydrogen-bond acceptors (Lipinski definition) is 5. The molecule has 1 aliphatic rings. The van der Waals surface area contributed by atoms with Crippen molar-refractivity contribution in [2.75, 3.05) is 25.6 Å². The van der Waals surface area contributed by atoms with E-state index in [-0.39, 0.29) is 5.41 Å². The van der Waals surface area contributed by atoms with Crippen molar-refractivity contribution in [2.24, 2.45) is 5.41 Å². The molecule has 152 valence electrons. The maximum atomic E-state index is 6.39. The zero-order chi connectivity index (χ0) is 20.5. The van der Waals surface area contributed by atoms with E-state index >= 15 is 0 Å². The van der Waals surface area contributed by atoms with E-state index in [2.05, 4.69) is 35.1 Å². The third-order valence-corrected chi connectivity index (χ3v) is 8.58. The van der Waals surface area contributed by atoms with Gasteiger partial charge in [-0.25, -0.2) is 0 Å². The molecule has 0 radical (unpaired) electrons. The van der Waals surface area contributed by atoms with Crippen molar-refractivity contribution in [1.82, 2.24) is 0 Å². The second-order valence-electron chi connectivity index (χ2n) is 7.31. The van der Waals surface area contributed by atoms with E-state index in [9.17, 15) is 0 Å². The summed E-state index contributed by atoms with van der Waals surface area (Å²) in [5, 5.41) is 4.36. The normalized spacial score (nSPS) is 19.1. The first-order valence-corrected chi connectivity index (χ1v) is 12.8. The fourth-order valence-corrected chi connectivity index (χ4v) is 6.72. The third kappa shape index (κ3) is 5.04. The van der Waals surface area contributed by atoms with Crippen LogP contribution in [0.2, 0.25) is 10.0 Å². The van der Waals surface area contributed by atoms with Gasteiger partial charge in [-0.15, -0.1) is 0 Å². The van der Waals surface area contributed by atoms with E-state index in [0.717, 1.165) is 10.2 Å². The maximum Gasteiger partial charge on any atom is 0.215 e. The summed E-state index contributed by atoms with van der Waals surface area (Å²) in [6.07, 6.45) is 0. The minimum absolute atomic E-state index is 0.0967. The molecular formula is C19H21BrCl2NO3PS. The van der Waals surface area contributed by atoms with Crippen LogP contribution < -0.4 is 10.1 Å². The van der Waals surface area contributed by atoms with Gasteiger partial charge in [0, 0.05) is 26.2 Å². The summed E-state index contributed by atoms with van der Waals surface area (Å²) in [6, 6.07) is 11.2. The number of halogens is 3. The maximum absolute atomic E-state index is 6.39. The SMILES string of the molecule is COc1c(Cl)cc(Cl)cc1C(Nc1ccc(Br)cc1)P1(=S)OCC(C)(C)CO1. The highest BCUT2D eigenvalue weighted by Crippen LogP contribution is 2.65. The molecule has 1 aliphatic heterocycles. The van der Waals surface area contributed by atoms with Gasteiger partial charge >= 0.3 is 0 Å². The first-order valence-electron chi connectivity index (χ1n) is 8.57. The first-order chi connectivity index (χ1) is 13.1. The highest BCUT2D eigenvalue weighted by molar-refractivity contribution is 9.10. The first kappa shape index (κ1) is 22.4. The van der Waals surface area contributed by atoms with Gasteiger partial charge in [-0.2, -0.15) is 0 Å². The lowest BCUT2D eigenvalue weighted by atomic mass is 9.97. The van der Waals surface area contributed by atoms with Crippen LogP contribution in [0.15, 0.2) is 40.9 Å². The van der Waals surface area contributed by atoms with Gasteiger partial charge in [-0.1, -0.05) is 53.0 Å².